The standard InChI is InChI=1S/C21H24ClN3O/c1-24(2)19-9-5-16(6-10-19)4-3-12-23-21(26)15-25-13-11-17-7-8-18(22)14-20(17)25/h5-11,13-14H,3-4,12,15H2,1-2H3,(H,23,26). The summed E-state index contributed by atoms with van der Waals surface area (Å²) >= 11 is 6.06. The van der Waals surface area contributed by atoms with Crippen LogP contribution in [0.3, 0.4) is 0 Å². The summed E-state index contributed by atoms with van der Waals surface area (Å²) in [6.07, 6.45) is 3.80. The summed E-state index contributed by atoms with van der Waals surface area (Å²) < 4.78 is 1.93. The van der Waals surface area contributed by atoms with Gasteiger partial charge in [-0.2, -0.15) is 0 Å². The van der Waals surface area contributed by atoms with Crippen molar-refractivity contribution in [2.24, 2.45) is 0 Å². The molecule has 0 radical (unpaired) electrons. The molecule has 2 aromatic carbocycles. The van der Waals surface area contributed by atoms with Crippen LogP contribution in [0.4, 0.5) is 5.69 Å². The van der Waals surface area contributed by atoms with E-state index in [2.05, 4.69) is 34.5 Å². The van der Waals surface area contributed by atoms with Crippen LogP contribution in [0.5, 0.6) is 0 Å². The smallest absolute Gasteiger partial charge is 0.239 e. The molecule has 0 saturated heterocycles. The SMILES string of the molecule is CN(C)c1ccc(CCCNC(=O)Cn2ccc3ccc(Cl)cc32)cc1. The number of nitrogens with zero attached hydrogens (tertiary/aromatic N) is 2. The maximum absolute atomic E-state index is 12.2. The van der Waals surface area contributed by atoms with Gasteiger partial charge in [-0.05, 0) is 54.1 Å². The van der Waals surface area contributed by atoms with E-state index >= 15 is 0 Å². The van der Waals surface area contributed by atoms with Crippen molar-refractivity contribution in [3.05, 3.63) is 65.3 Å². The zero-order chi connectivity index (χ0) is 18.5. The summed E-state index contributed by atoms with van der Waals surface area (Å²) in [7, 11) is 4.07. The lowest BCUT2D eigenvalue weighted by atomic mass is 10.1. The number of aromatic nitrogens is 1. The summed E-state index contributed by atoms with van der Waals surface area (Å²) in [5, 5.41) is 4.76. The number of halogens is 1. The highest BCUT2D eigenvalue weighted by Gasteiger charge is 2.06. The number of benzene rings is 2. The molecule has 1 aromatic heterocycles. The van der Waals surface area contributed by atoms with E-state index in [4.69, 9.17) is 11.6 Å². The van der Waals surface area contributed by atoms with E-state index in [1.165, 1.54) is 11.3 Å². The van der Waals surface area contributed by atoms with Crippen LogP contribution in [0.25, 0.3) is 10.9 Å². The van der Waals surface area contributed by atoms with Crippen LogP contribution in [0.1, 0.15) is 12.0 Å². The van der Waals surface area contributed by atoms with Gasteiger partial charge in [0.2, 0.25) is 5.91 Å². The van der Waals surface area contributed by atoms with Crippen molar-refractivity contribution in [1.29, 1.82) is 0 Å². The van der Waals surface area contributed by atoms with E-state index in [1.54, 1.807) is 0 Å². The zero-order valence-corrected chi connectivity index (χ0v) is 16.0. The number of aryl methyl sites for hydroxylation is 1. The lowest BCUT2D eigenvalue weighted by Gasteiger charge is -2.12. The molecule has 0 unspecified atom stereocenters. The molecule has 0 fully saturated rings. The van der Waals surface area contributed by atoms with Gasteiger partial charge in [0.05, 0.1) is 0 Å². The summed E-state index contributed by atoms with van der Waals surface area (Å²) in [6.45, 7) is 0.982. The van der Waals surface area contributed by atoms with Gasteiger partial charge < -0.3 is 14.8 Å². The van der Waals surface area contributed by atoms with Crippen LogP contribution in [0, 0.1) is 0 Å². The summed E-state index contributed by atoms with van der Waals surface area (Å²) in [5.74, 6) is 0.0189. The minimum Gasteiger partial charge on any atom is -0.378 e. The van der Waals surface area contributed by atoms with Crippen molar-refractivity contribution in [3.63, 3.8) is 0 Å². The van der Waals surface area contributed by atoms with Crippen LogP contribution in [0.2, 0.25) is 5.02 Å². The Morgan fingerprint density at radius 3 is 2.62 bits per heavy atom. The normalized spacial score (nSPS) is 10.9. The Morgan fingerprint density at radius 2 is 1.88 bits per heavy atom. The molecule has 0 spiro atoms. The maximum Gasteiger partial charge on any atom is 0.239 e. The number of fused-ring (bicyclic) bond motifs is 1. The Morgan fingerprint density at radius 1 is 1.12 bits per heavy atom. The van der Waals surface area contributed by atoms with Crippen LogP contribution in [0.15, 0.2) is 54.7 Å². The Hall–Kier alpha value is -2.46. The number of hydrogen-bond acceptors (Lipinski definition) is 2. The van der Waals surface area contributed by atoms with Gasteiger partial charge >= 0.3 is 0 Å². The van der Waals surface area contributed by atoms with Crippen molar-refractivity contribution in [1.82, 2.24) is 9.88 Å². The molecule has 5 heteroatoms. The lowest BCUT2D eigenvalue weighted by Crippen LogP contribution is -2.28. The third-order valence-electron chi connectivity index (χ3n) is 4.47. The third-order valence-corrected chi connectivity index (χ3v) is 4.70. The molecular formula is C21H24ClN3O. The van der Waals surface area contributed by atoms with Gasteiger partial charge in [-0.15, -0.1) is 0 Å². The van der Waals surface area contributed by atoms with Crippen LogP contribution in [-0.4, -0.2) is 31.1 Å². The monoisotopic (exact) mass is 369 g/mol. The highest BCUT2D eigenvalue weighted by Crippen LogP contribution is 2.20. The molecule has 4 nitrogen and oxygen atoms in total. The molecule has 0 atom stereocenters. The molecule has 1 amide bonds. The van der Waals surface area contributed by atoms with Crippen LogP contribution in [-0.2, 0) is 17.8 Å². The summed E-state index contributed by atoms with van der Waals surface area (Å²) in [4.78, 5) is 14.3. The van der Waals surface area contributed by atoms with Crippen molar-refractivity contribution in [2.45, 2.75) is 19.4 Å². The molecular weight excluding hydrogens is 346 g/mol. The topological polar surface area (TPSA) is 37.3 Å². The second-order valence-corrected chi connectivity index (χ2v) is 7.10. The van der Waals surface area contributed by atoms with E-state index in [-0.39, 0.29) is 5.91 Å². The maximum atomic E-state index is 12.2. The minimum absolute atomic E-state index is 0.0189. The highest BCUT2D eigenvalue weighted by atomic mass is 35.5. The second-order valence-electron chi connectivity index (χ2n) is 6.66. The first-order valence-electron chi connectivity index (χ1n) is 8.80. The van der Waals surface area contributed by atoms with Gasteiger partial charge in [-0.3, -0.25) is 4.79 Å². The lowest BCUT2D eigenvalue weighted by molar-refractivity contribution is -0.121. The average molecular weight is 370 g/mol. The Balaban J connectivity index is 1.46. The van der Waals surface area contributed by atoms with Crippen molar-refractivity contribution < 1.29 is 4.79 Å². The number of rotatable bonds is 7. The van der Waals surface area contributed by atoms with Gasteiger partial charge in [0.1, 0.15) is 6.54 Å². The fourth-order valence-corrected chi connectivity index (χ4v) is 3.15. The summed E-state index contributed by atoms with van der Waals surface area (Å²) in [6, 6.07) is 16.2. The molecule has 26 heavy (non-hydrogen) atoms. The number of carbonyl (C=O) groups is 1. The predicted octanol–water partition coefficient (Wildman–Crippen LogP) is 4.11. The Labute approximate surface area is 159 Å². The van der Waals surface area contributed by atoms with Crippen molar-refractivity contribution in [2.75, 3.05) is 25.5 Å². The predicted molar refractivity (Wildman–Crippen MR) is 109 cm³/mol. The minimum atomic E-state index is 0.0189. The van der Waals surface area contributed by atoms with Gasteiger partial charge in [-0.1, -0.05) is 29.8 Å². The van der Waals surface area contributed by atoms with Crippen molar-refractivity contribution >= 4 is 34.1 Å². The largest absolute Gasteiger partial charge is 0.378 e. The molecule has 0 bridgehead atoms. The fraction of sp³-hybridized carbons (Fsp3) is 0.286. The molecule has 0 aliphatic carbocycles. The highest BCUT2D eigenvalue weighted by molar-refractivity contribution is 6.31. The number of carbonyl (C=O) groups excluding carboxylic acids is 1. The van der Waals surface area contributed by atoms with Gasteiger partial charge in [0.25, 0.3) is 0 Å². The Bertz CT molecular complexity index is 884. The first kappa shape index (κ1) is 18.3. The van der Waals surface area contributed by atoms with E-state index in [0.29, 0.717) is 18.1 Å². The third kappa shape index (κ3) is 4.58. The molecule has 0 aliphatic rings. The quantitative estimate of drug-likeness (QED) is 0.636. The molecule has 3 rings (SSSR count). The van der Waals surface area contributed by atoms with Gasteiger partial charge in [-0.25, -0.2) is 0 Å². The van der Waals surface area contributed by atoms with E-state index in [9.17, 15) is 4.79 Å². The van der Waals surface area contributed by atoms with Crippen molar-refractivity contribution in [3.8, 4) is 0 Å². The van der Waals surface area contributed by atoms with E-state index < -0.39 is 0 Å². The Kier molecular flexibility index (Phi) is 5.84. The molecule has 0 aliphatic heterocycles. The molecule has 1 N–H and O–H groups in total. The zero-order valence-electron chi connectivity index (χ0n) is 15.2. The number of hydrogen-bond donors (Lipinski definition) is 1. The first-order chi connectivity index (χ1) is 12.5. The van der Waals surface area contributed by atoms with E-state index in [1.807, 2.05) is 49.1 Å². The van der Waals surface area contributed by atoms with Crippen LogP contribution >= 0.6 is 11.6 Å². The summed E-state index contributed by atoms with van der Waals surface area (Å²) in [5.41, 5.74) is 3.46. The number of amides is 1. The average Bonchev–Trinajstić information content (AvgIpc) is 3.01. The first-order valence-corrected chi connectivity index (χ1v) is 9.18. The number of nitrogens with one attached hydrogen (secondary N) is 1. The number of anilines is 1. The van der Waals surface area contributed by atoms with Gasteiger partial charge in [0.15, 0.2) is 0 Å². The van der Waals surface area contributed by atoms with Gasteiger partial charge in [0, 0.05) is 43.1 Å². The van der Waals surface area contributed by atoms with Crippen LogP contribution < -0.4 is 10.2 Å². The van der Waals surface area contributed by atoms with E-state index in [0.717, 1.165) is 23.7 Å². The molecule has 3 aromatic rings. The molecule has 0 saturated carbocycles. The fourth-order valence-electron chi connectivity index (χ4n) is 2.99. The second kappa shape index (κ2) is 8.28. The molecule has 1 heterocycles. The molecule has 136 valence electrons.